The van der Waals surface area contributed by atoms with Crippen LogP contribution in [0.25, 0.3) is 0 Å². The van der Waals surface area contributed by atoms with E-state index in [1.54, 1.807) is 0 Å². The normalized spacial score (nSPS) is 38.6. The monoisotopic (exact) mass is 375 g/mol. The average Bonchev–Trinajstić information content (AvgIpc) is 3.13. The zero-order valence-corrected chi connectivity index (χ0v) is 16.8. The number of carbonyl (C=O) groups excluding carboxylic acids is 1. The van der Waals surface area contributed by atoms with Crippen LogP contribution in [0.15, 0.2) is 12.7 Å². The number of carbonyl (C=O) groups is 1. The van der Waals surface area contributed by atoms with Gasteiger partial charge in [-0.1, -0.05) is 38.7 Å². The van der Waals surface area contributed by atoms with E-state index < -0.39 is 0 Å². The van der Waals surface area contributed by atoms with E-state index in [2.05, 4.69) is 34.7 Å². The molecule has 3 N–H and O–H groups in total. The van der Waals surface area contributed by atoms with Gasteiger partial charge in [0.2, 0.25) is 5.91 Å². The Kier molecular flexibility index (Phi) is 6.17. The first kappa shape index (κ1) is 19.4. The van der Waals surface area contributed by atoms with E-state index in [0.717, 1.165) is 32.0 Å². The minimum atomic E-state index is 0.0767. The number of rotatable bonds is 4. The smallest absolute Gasteiger partial charge is 0.246 e. The van der Waals surface area contributed by atoms with Crippen molar-refractivity contribution in [3.63, 3.8) is 0 Å². The van der Waals surface area contributed by atoms with Crippen LogP contribution < -0.4 is 16.1 Å². The van der Waals surface area contributed by atoms with E-state index in [4.69, 9.17) is 0 Å². The summed E-state index contributed by atoms with van der Waals surface area (Å²) in [5.74, 6) is 1.49. The number of nitrogens with one attached hydrogen (secondary N) is 3. The fraction of sp³-hybridized carbons (Fsp3) is 0.857. The minimum Gasteiger partial charge on any atom is -0.338 e. The number of fused-ring (bicyclic) bond motifs is 1. The van der Waals surface area contributed by atoms with Crippen molar-refractivity contribution in [2.75, 3.05) is 26.7 Å². The van der Waals surface area contributed by atoms with Crippen molar-refractivity contribution in [2.45, 2.75) is 75.7 Å². The van der Waals surface area contributed by atoms with Gasteiger partial charge < -0.3 is 4.90 Å². The van der Waals surface area contributed by atoms with Gasteiger partial charge in [-0.3, -0.25) is 20.9 Å². The van der Waals surface area contributed by atoms with Gasteiger partial charge in [0.1, 0.15) is 0 Å². The fourth-order valence-corrected chi connectivity index (χ4v) is 5.88. The van der Waals surface area contributed by atoms with E-state index in [1.165, 1.54) is 51.0 Å². The van der Waals surface area contributed by atoms with E-state index in [0.29, 0.717) is 30.2 Å². The minimum absolute atomic E-state index is 0.0767. The molecule has 4 rings (SSSR count). The van der Waals surface area contributed by atoms with Gasteiger partial charge in [-0.25, -0.2) is 5.01 Å². The Bertz CT molecular complexity index is 535. The predicted octanol–water partition coefficient (Wildman–Crippen LogP) is 1.46. The van der Waals surface area contributed by atoms with Crippen molar-refractivity contribution in [3.8, 4) is 0 Å². The molecule has 6 nitrogen and oxygen atoms in total. The highest BCUT2D eigenvalue weighted by Gasteiger charge is 2.45. The van der Waals surface area contributed by atoms with Crippen molar-refractivity contribution < 1.29 is 4.79 Å². The predicted molar refractivity (Wildman–Crippen MR) is 108 cm³/mol. The summed E-state index contributed by atoms with van der Waals surface area (Å²) in [4.78, 5) is 14.1. The molecular weight excluding hydrogens is 338 g/mol. The Morgan fingerprint density at radius 2 is 1.89 bits per heavy atom. The molecule has 0 aromatic heterocycles. The second-order valence-corrected chi connectivity index (χ2v) is 9.14. The molecule has 3 saturated heterocycles. The van der Waals surface area contributed by atoms with Gasteiger partial charge in [0, 0.05) is 44.8 Å². The molecule has 4 fully saturated rings. The van der Waals surface area contributed by atoms with Gasteiger partial charge in [-0.2, -0.15) is 0 Å². The maximum atomic E-state index is 12.2. The first-order chi connectivity index (χ1) is 13.1. The highest BCUT2D eigenvalue weighted by atomic mass is 16.2. The molecule has 0 aromatic carbocycles. The van der Waals surface area contributed by atoms with E-state index in [1.807, 2.05) is 4.90 Å². The third-order valence-electron chi connectivity index (χ3n) is 7.31. The number of hydrazine groups is 1. The molecule has 152 valence electrons. The topological polar surface area (TPSA) is 59.6 Å². The Morgan fingerprint density at radius 3 is 2.59 bits per heavy atom. The third-order valence-corrected chi connectivity index (χ3v) is 7.31. The number of piperidine rings is 1. The summed E-state index contributed by atoms with van der Waals surface area (Å²) in [6.45, 7) is 6.46. The molecule has 1 saturated carbocycles. The number of likely N-dealkylation sites (tertiary alicyclic amines) is 1. The van der Waals surface area contributed by atoms with Gasteiger partial charge in [0.15, 0.2) is 0 Å². The molecule has 0 radical (unpaired) electrons. The standard InChI is InChI=1S/C21H37N5O/c1-3-20(27)26-12-9-16-18(14-26)22-19(13-15-7-5-4-6-8-15)23-21(16)17-10-11-25(2)24-17/h3,15-19,21-24H,1,4-14H2,2H3. The summed E-state index contributed by atoms with van der Waals surface area (Å²) in [6, 6.07) is 1.37. The second kappa shape index (κ2) is 8.60. The Balaban J connectivity index is 1.46. The summed E-state index contributed by atoms with van der Waals surface area (Å²) < 4.78 is 0. The van der Waals surface area contributed by atoms with Crippen LogP contribution in [0.1, 0.15) is 51.4 Å². The second-order valence-electron chi connectivity index (χ2n) is 9.14. The SMILES string of the molecule is C=CC(=O)N1CCC2C(C1)NC(CC1CCCCC1)NC2C1CCN(C)N1. The quantitative estimate of drug-likeness (QED) is 0.650. The number of hydrogen-bond donors (Lipinski definition) is 3. The van der Waals surface area contributed by atoms with Crippen molar-refractivity contribution >= 4 is 5.91 Å². The Labute approximate surface area is 164 Å². The largest absolute Gasteiger partial charge is 0.338 e. The van der Waals surface area contributed by atoms with Crippen LogP contribution in [0.4, 0.5) is 0 Å². The van der Waals surface area contributed by atoms with Crippen molar-refractivity contribution in [2.24, 2.45) is 11.8 Å². The molecule has 1 amide bonds. The maximum Gasteiger partial charge on any atom is 0.246 e. The summed E-state index contributed by atoms with van der Waals surface area (Å²) in [5.41, 5.74) is 3.67. The lowest BCUT2D eigenvalue weighted by Gasteiger charge is -2.51. The van der Waals surface area contributed by atoms with Crippen molar-refractivity contribution in [3.05, 3.63) is 12.7 Å². The summed E-state index contributed by atoms with van der Waals surface area (Å²) in [5, 5.41) is 10.1. The highest BCUT2D eigenvalue weighted by Crippen LogP contribution is 2.32. The molecule has 1 aliphatic carbocycles. The van der Waals surface area contributed by atoms with E-state index in [9.17, 15) is 4.79 Å². The van der Waals surface area contributed by atoms with Crippen LogP contribution in [0.3, 0.4) is 0 Å². The summed E-state index contributed by atoms with van der Waals surface area (Å²) in [7, 11) is 2.14. The zero-order chi connectivity index (χ0) is 18.8. The molecule has 0 bridgehead atoms. The zero-order valence-electron chi connectivity index (χ0n) is 16.8. The fourth-order valence-electron chi connectivity index (χ4n) is 5.88. The van der Waals surface area contributed by atoms with E-state index >= 15 is 0 Å². The third kappa shape index (κ3) is 4.39. The number of amides is 1. The molecule has 5 atom stereocenters. The lowest BCUT2D eigenvalue weighted by Crippen LogP contribution is -2.71. The molecule has 6 heteroatoms. The van der Waals surface area contributed by atoms with Crippen LogP contribution in [0, 0.1) is 11.8 Å². The Morgan fingerprint density at radius 1 is 1.07 bits per heavy atom. The maximum absolute atomic E-state index is 12.2. The van der Waals surface area contributed by atoms with Crippen molar-refractivity contribution in [1.29, 1.82) is 0 Å². The highest BCUT2D eigenvalue weighted by molar-refractivity contribution is 5.87. The van der Waals surface area contributed by atoms with Crippen LogP contribution in [-0.4, -0.2) is 66.8 Å². The van der Waals surface area contributed by atoms with Gasteiger partial charge in [0.05, 0.1) is 6.17 Å². The molecule has 0 spiro atoms. The lowest BCUT2D eigenvalue weighted by atomic mass is 9.78. The summed E-state index contributed by atoms with van der Waals surface area (Å²) >= 11 is 0. The molecule has 0 aromatic rings. The van der Waals surface area contributed by atoms with Crippen LogP contribution in [0.2, 0.25) is 0 Å². The molecule has 3 heterocycles. The molecule has 3 aliphatic heterocycles. The van der Waals surface area contributed by atoms with Gasteiger partial charge in [0.25, 0.3) is 0 Å². The van der Waals surface area contributed by atoms with Gasteiger partial charge in [-0.05, 0) is 37.2 Å². The first-order valence-corrected chi connectivity index (χ1v) is 11.0. The van der Waals surface area contributed by atoms with Crippen LogP contribution in [-0.2, 0) is 4.79 Å². The van der Waals surface area contributed by atoms with Crippen molar-refractivity contribution in [1.82, 2.24) is 26.0 Å². The molecule has 5 unspecified atom stereocenters. The van der Waals surface area contributed by atoms with Gasteiger partial charge in [-0.15, -0.1) is 0 Å². The molecular formula is C21H37N5O. The number of nitrogens with zero attached hydrogens (tertiary/aromatic N) is 2. The lowest BCUT2D eigenvalue weighted by molar-refractivity contribution is -0.128. The van der Waals surface area contributed by atoms with Crippen LogP contribution in [0.5, 0.6) is 0 Å². The Hall–Kier alpha value is -0.950. The summed E-state index contributed by atoms with van der Waals surface area (Å²) in [6.07, 6.45) is 12.3. The van der Waals surface area contributed by atoms with E-state index in [-0.39, 0.29) is 5.91 Å². The van der Waals surface area contributed by atoms with Gasteiger partial charge >= 0.3 is 0 Å². The number of hydrogen-bond acceptors (Lipinski definition) is 5. The molecule has 4 aliphatic rings. The molecule has 27 heavy (non-hydrogen) atoms. The average molecular weight is 376 g/mol. The van der Waals surface area contributed by atoms with Crippen LogP contribution >= 0.6 is 0 Å². The first-order valence-electron chi connectivity index (χ1n) is 11.0.